The first-order valence-corrected chi connectivity index (χ1v) is 6.16. The quantitative estimate of drug-likeness (QED) is 0.687. The van der Waals surface area contributed by atoms with Crippen LogP contribution < -0.4 is 0 Å². The molecular weight excluding hydrogens is 227 g/mol. The molecule has 2 aromatic carbocycles. The largest absolute Gasteiger partial charge is 0.299 e. The van der Waals surface area contributed by atoms with E-state index in [-0.39, 0.29) is 23.4 Å². The van der Waals surface area contributed by atoms with Crippen molar-refractivity contribution in [2.75, 3.05) is 0 Å². The van der Waals surface area contributed by atoms with Crippen molar-refractivity contribution >= 4 is 5.78 Å². The summed E-state index contributed by atoms with van der Waals surface area (Å²) in [5.41, 5.74) is 4.30. The molecule has 0 unspecified atom stereocenters. The molecule has 2 atom stereocenters. The van der Waals surface area contributed by atoms with Gasteiger partial charge < -0.3 is 0 Å². The van der Waals surface area contributed by atoms with Crippen LogP contribution in [0.3, 0.4) is 0 Å². The zero-order valence-electron chi connectivity index (χ0n) is 9.69. The lowest BCUT2D eigenvalue weighted by Gasteiger charge is -2.39. The van der Waals surface area contributed by atoms with E-state index in [4.69, 9.17) is 0 Å². The normalized spacial score (nSPS) is 23.7. The van der Waals surface area contributed by atoms with Crippen LogP contribution in [-0.4, -0.2) is 5.78 Å². The summed E-state index contributed by atoms with van der Waals surface area (Å²) in [5, 5.41) is 0. The molecule has 88 valence electrons. The van der Waals surface area contributed by atoms with Gasteiger partial charge in [0.05, 0.1) is 5.92 Å². The Morgan fingerprint density at radius 3 is 2.50 bits per heavy atom. The second-order valence-corrected chi connectivity index (χ2v) is 5.06. The van der Waals surface area contributed by atoms with E-state index in [0.717, 1.165) is 16.7 Å². The van der Waals surface area contributed by atoms with E-state index < -0.39 is 0 Å². The molecule has 2 heteroatoms. The molecule has 0 saturated carbocycles. The average Bonchev–Trinajstić information content (AvgIpc) is 2.39. The van der Waals surface area contributed by atoms with Gasteiger partial charge in [-0.2, -0.15) is 0 Å². The molecular formula is C16H11FO. The maximum absolute atomic E-state index is 13.4. The van der Waals surface area contributed by atoms with Gasteiger partial charge in [0.15, 0.2) is 0 Å². The fraction of sp³-hybridized carbons (Fsp3) is 0.188. The lowest BCUT2D eigenvalue weighted by Crippen LogP contribution is -2.32. The Bertz CT molecular complexity index is 675. The van der Waals surface area contributed by atoms with Crippen molar-refractivity contribution in [3.8, 4) is 0 Å². The Kier molecular flexibility index (Phi) is 1.83. The van der Waals surface area contributed by atoms with Crippen molar-refractivity contribution in [3.05, 3.63) is 70.5 Å². The fourth-order valence-corrected chi connectivity index (χ4v) is 3.42. The van der Waals surface area contributed by atoms with Crippen LogP contribution in [0, 0.1) is 5.82 Å². The number of benzene rings is 2. The van der Waals surface area contributed by atoms with Gasteiger partial charge >= 0.3 is 0 Å². The number of hydrogen-bond acceptors (Lipinski definition) is 1. The molecule has 0 N–H and O–H groups in total. The number of carbonyl (C=O) groups excluding carboxylic acids is 1. The van der Waals surface area contributed by atoms with Crippen LogP contribution in [-0.2, 0) is 4.79 Å². The number of halogens is 1. The summed E-state index contributed by atoms with van der Waals surface area (Å²) in [6.45, 7) is 0. The van der Waals surface area contributed by atoms with Crippen LogP contribution in [0.2, 0.25) is 0 Å². The van der Waals surface area contributed by atoms with Crippen LogP contribution in [0.5, 0.6) is 0 Å². The number of ketones is 1. The van der Waals surface area contributed by atoms with Crippen molar-refractivity contribution in [3.63, 3.8) is 0 Å². The van der Waals surface area contributed by atoms with Crippen molar-refractivity contribution in [2.45, 2.75) is 18.3 Å². The van der Waals surface area contributed by atoms with Gasteiger partial charge in [0, 0.05) is 12.3 Å². The molecule has 0 aromatic heterocycles. The van der Waals surface area contributed by atoms with E-state index >= 15 is 0 Å². The molecule has 3 aliphatic carbocycles. The van der Waals surface area contributed by atoms with Gasteiger partial charge in [-0.05, 0) is 34.4 Å². The van der Waals surface area contributed by atoms with Crippen molar-refractivity contribution in [1.29, 1.82) is 0 Å². The number of carbonyl (C=O) groups is 1. The van der Waals surface area contributed by atoms with Crippen LogP contribution >= 0.6 is 0 Å². The highest BCUT2D eigenvalue weighted by Crippen LogP contribution is 2.50. The van der Waals surface area contributed by atoms with Gasteiger partial charge in [-0.25, -0.2) is 4.39 Å². The SMILES string of the molecule is O=C1C[C@H]2c3ccccc3[C@@H]1c1ccc(F)cc12. The summed E-state index contributed by atoms with van der Waals surface area (Å²) < 4.78 is 13.4. The Hall–Kier alpha value is -1.96. The summed E-state index contributed by atoms with van der Waals surface area (Å²) in [4.78, 5) is 12.2. The number of Topliss-reactive ketones (excluding diaryl/α,β-unsaturated/α-hetero) is 1. The molecule has 18 heavy (non-hydrogen) atoms. The zero-order valence-corrected chi connectivity index (χ0v) is 9.69. The molecule has 0 saturated heterocycles. The van der Waals surface area contributed by atoms with Gasteiger partial charge in [-0.1, -0.05) is 30.3 Å². The summed E-state index contributed by atoms with van der Waals surface area (Å²) in [6, 6.07) is 12.9. The monoisotopic (exact) mass is 238 g/mol. The van der Waals surface area contributed by atoms with Crippen LogP contribution in [0.1, 0.15) is 40.5 Å². The minimum absolute atomic E-state index is 0.0457. The summed E-state index contributed by atoms with van der Waals surface area (Å²) in [7, 11) is 0. The van der Waals surface area contributed by atoms with E-state index in [2.05, 4.69) is 6.07 Å². The van der Waals surface area contributed by atoms with Crippen LogP contribution in [0.25, 0.3) is 0 Å². The first-order valence-electron chi connectivity index (χ1n) is 6.16. The van der Waals surface area contributed by atoms with Gasteiger partial charge in [-0.3, -0.25) is 4.79 Å². The third-order valence-corrected chi connectivity index (χ3v) is 4.14. The third kappa shape index (κ3) is 1.13. The Labute approximate surface area is 104 Å². The van der Waals surface area contributed by atoms with Crippen molar-refractivity contribution in [1.82, 2.24) is 0 Å². The minimum Gasteiger partial charge on any atom is -0.299 e. The topological polar surface area (TPSA) is 17.1 Å². The predicted octanol–water partition coefficient (Wildman–Crippen LogP) is 3.38. The van der Waals surface area contributed by atoms with E-state index in [1.165, 1.54) is 11.6 Å². The zero-order chi connectivity index (χ0) is 12.3. The Balaban J connectivity index is 2.05. The summed E-state index contributed by atoms with van der Waals surface area (Å²) >= 11 is 0. The van der Waals surface area contributed by atoms with Gasteiger partial charge in [0.1, 0.15) is 11.6 Å². The van der Waals surface area contributed by atoms with Gasteiger partial charge in [0.2, 0.25) is 0 Å². The second kappa shape index (κ2) is 3.29. The molecule has 0 heterocycles. The predicted molar refractivity (Wildman–Crippen MR) is 66.2 cm³/mol. The Morgan fingerprint density at radius 1 is 0.944 bits per heavy atom. The van der Waals surface area contributed by atoms with E-state index in [0.29, 0.717) is 6.42 Å². The van der Waals surface area contributed by atoms with Gasteiger partial charge in [0.25, 0.3) is 0 Å². The summed E-state index contributed by atoms with van der Waals surface area (Å²) in [5.74, 6) is -0.0877. The summed E-state index contributed by atoms with van der Waals surface area (Å²) in [6.07, 6.45) is 0.512. The minimum atomic E-state index is -0.216. The smallest absolute Gasteiger partial charge is 0.145 e. The van der Waals surface area contributed by atoms with E-state index in [1.54, 1.807) is 12.1 Å². The maximum atomic E-state index is 13.4. The highest BCUT2D eigenvalue weighted by Gasteiger charge is 2.42. The lowest BCUT2D eigenvalue weighted by molar-refractivity contribution is -0.120. The number of fused-ring (bicyclic) bond motifs is 1. The molecule has 2 bridgehead atoms. The Morgan fingerprint density at radius 2 is 1.67 bits per heavy atom. The molecule has 0 fully saturated rings. The third-order valence-electron chi connectivity index (χ3n) is 4.14. The molecule has 0 aliphatic heterocycles. The van der Waals surface area contributed by atoms with Crippen LogP contribution in [0.4, 0.5) is 4.39 Å². The van der Waals surface area contributed by atoms with Crippen molar-refractivity contribution < 1.29 is 9.18 Å². The standard InChI is InChI=1S/C16H11FO/c17-9-5-6-12-13(7-9)14-8-15(18)16(12)11-4-2-1-3-10(11)14/h1-7,14,16H,8H2/t14-,16+/m0/s1. The highest BCUT2D eigenvalue weighted by molar-refractivity contribution is 5.95. The first kappa shape index (κ1) is 10.0. The van der Waals surface area contributed by atoms with Gasteiger partial charge in [-0.15, -0.1) is 0 Å². The average molecular weight is 238 g/mol. The number of hydrogen-bond donors (Lipinski definition) is 0. The molecule has 0 amide bonds. The molecule has 1 nitrogen and oxygen atoms in total. The number of rotatable bonds is 0. The molecule has 5 rings (SSSR count). The molecule has 0 radical (unpaired) electrons. The fourth-order valence-electron chi connectivity index (χ4n) is 3.42. The molecule has 0 spiro atoms. The molecule has 2 aromatic rings. The highest BCUT2D eigenvalue weighted by atomic mass is 19.1. The second-order valence-electron chi connectivity index (χ2n) is 5.06. The first-order chi connectivity index (χ1) is 8.75. The van der Waals surface area contributed by atoms with E-state index in [9.17, 15) is 9.18 Å². The van der Waals surface area contributed by atoms with Crippen molar-refractivity contribution in [2.24, 2.45) is 0 Å². The molecule has 3 aliphatic rings. The maximum Gasteiger partial charge on any atom is 0.145 e. The lowest BCUT2D eigenvalue weighted by atomic mass is 9.63. The van der Waals surface area contributed by atoms with E-state index in [1.807, 2.05) is 18.2 Å². The van der Waals surface area contributed by atoms with Crippen LogP contribution in [0.15, 0.2) is 42.5 Å².